The number of sulfonamides is 1. The van der Waals surface area contributed by atoms with Gasteiger partial charge in [0.1, 0.15) is 4.90 Å². The fourth-order valence-corrected chi connectivity index (χ4v) is 3.67. The highest BCUT2D eigenvalue weighted by atomic mass is 32.2. The van der Waals surface area contributed by atoms with Crippen LogP contribution in [0, 0.1) is 6.92 Å². The van der Waals surface area contributed by atoms with E-state index in [2.05, 4.69) is 14.4 Å². The maximum absolute atomic E-state index is 12.7. The first-order chi connectivity index (χ1) is 12.2. The number of pyridine rings is 1. The molecular formula is C17H13F3N2O3S. The maximum Gasteiger partial charge on any atom is 0.573 e. The molecular weight excluding hydrogens is 369 g/mol. The van der Waals surface area contributed by atoms with Crippen molar-refractivity contribution in [1.82, 2.24) is 4.98 Å². The van der Waals surface area contributed by atoms with Gasteiger partial charge in [0.15, 0.2) is 5.75 Å². The Bertz CT molecular complexity index is 1070. The number of anilines is 1. The van der Waals surface area contributed by atoms with Crippen LogP contribution in [0.5, 0.6) is 5.75 Å². The van der Waals surface area contributed by atoms with Gasteiger partial charge in [-0.15, -0.1) is 13.2 Å². The molecule has 0 fully saturated rings. The topological polar surface area (TPSA) is 68.3 Å². The molecule has 3 rings (SSSR count). The smallest absolute Gasteiger partial charge is 0.404 e. The number of aryl methyl sites for hydroxylation is 1. The molecule has 0 aliphatic heterocycles. The third kappa shape index (κ3) is 3.88. The average Bonchev–Trinajstić information content (AvgIpc) is 2.54. The summed E-state index contributed by atoms with van der Waals surface area (Å²) in [5.41, 5.74) is 0.748. The summed E-state index contributed by atoms with van der Waals surface area (Å²) in [6.45, 7) is 1.82. The number of alkyl halides is 3. The Hall–Kier alpha value is -2.81. The minimum atomic E-state index is -4.94. The molecule has 2 aromatic carbocycles. The number of fused-ring (bicyclic) bond motifs is 1. The summed E-state index contributed by atoms with van der Waals surface area (Å²) < 4.78 is 69.0. The van der Waals surface area contributed by atoms with Gasteiger partial charge in [-0.2, -0.15) is 0 Å². The minimum absolute atomic E-state index is 0.142. The van der Waals surface area contributed by atoms with Gasteiger partial charge in [-0.1, -0.05) is 24.3 Å². The monoisotopic (exact) mass is 382 g/mol. The van der Waals surface area contributed by atoms with Crippen LogP contribution in [0.2, 0.25) is 0 Å². The van der Waals surface area contributed by atoms with E-state index in [0.717, 1.165) is 11.6 Å². The predicted molar refractivity (Wildman–Crippen MR) is 90.4 cm³/mol. The van der Waals surface area contributed by atoms with Crippen molar-refractivity contribution in [2.75, 3.05) is 4.72 Å². The lowest BCUT2D eigenvalue weighted by atomic mass is 10.2. The number of nitrogens with zero attached hydrogens (tertiary/aromatic N) is 1. The van der Waals surface area contributed by atoms with Crippen molar-refractivity contribution in [2.24, 2.45) is 0 Å². The molecule has 9 heteroatoms. The Morgan fingerprint density at radius 2 is 1.81 bits per heavy atom. The third-order valence-corrected chi connectivity index (χ3v) is 4.85. The quantitative estimate of drug-likeness (QED) is 0.733. The van der Waals surface area contributed by atoms with Gasteiger partial charge in [0, 0.05) is 11.6 Å². The lowest BCUT2D eigenvalue weighted by Crippen LogP contribution is -2.20. The highest BCUT2D eigenvalue weighted by Crippen LogP contribution is 2.32. The fraction of sp³-hybridized carbons (Fsp3) is 0.118. The summed E-state index contributed by atoms with van der Waals surface area (Å²) >= 11 is 0. The second-order valence-corrected chi connectivity index (χ2v) is 7.14. The van der Waals surface area contributed by atoms with Crippen molar-refractivity contribution in [1.29, 1.82) is 0 Å². The second-order valence-electron chi connectivity index (χ2n) is 5.49. The van der Waals surface area contributed by atoms with Crippen molar-refractivity contribution < 1.29 is 26.3 Å². The highest BCUT2D eigenvalue weighted by Gasteiger charge is 2.32. The summed E-state index contributed by atoms with van der Waals surface area (Å²) in [6.07, 6.45) is -3.43. The summed E-state index contributed by atoms with van der Waals surface area (Å²) in [6, 6.07) is 11.2. The van der Waals surface area contributed by atoms with E-state index in [-0.39, 0.29) is 16.1 Å². The maximum atomic E-state index is 12.7. The van der Waals surface area contributed by atoms with Crippen molar-refractivity contribution >= 4 is 26.6 Å². The van der Waals surface area contributed by atoms with Gasteiger partial charge >= 0.3 is 6.36 Å². The van der Waals surface area contributed by atoms with Crippen LogP contribution in [-0.4, -0.2) is 19.8 Å². The first-order valence-corrected chi connectivity index (χ1v) is 8.87. The molecule has 0 saturated heterocycles. The van der Waals surface area contributed by atoms with E-state index in [1.54, 1.807) is 12.1 Å². The Morgan fingerprint density at radius 3 is 2.54 bits per heavy atom. The number of para-hydroxylation sites is 3. The van der Waals surface area contributed by atoms with Gasteiger partial charge in [-0.25, -0.2) is 8.42 Å². The standard InChI is InChI=1S/C17H13F3N2O3S/c1-11-9-12-5-4-8-15(16(12)21-10-11)26(23,24)22-13-6-2-3-7-14(13)25-17(18,19)20/h2-10,22H,1H3. The normalized spacial score (nSPS) is 12.2. The van der Waals surface area contributed by atoms with E-state index in [0.29, 0.717) is 5.39 Å². The molecule has 0 amide bonds. The zero-order valence-corrected chi connectivity index (χ0v) is 14.2. The Morgan fingerprint density at radius 1 is 1.08 bits per heavy atom. The molecule has 3 aromatic rings. The first-order valence-electron chi connectivity index (χ1n) is 7.39. The lowest BCUT2D eigenvalue weighted by molar-refractivity contribution is -0.274. The zero-order chi connectivity index (χ0) is 18.9. The molecule has 1 N–H and O–H groups in total. The average molecular weight is 382 g/mol. The number of rotatable bonds is 4. The van der Waals surface area contributed by atoms with Crippen molar-refractivity contribution in [3.05, 3.63) is 60.3 Å². The van der Waals surface area contributed by atoms with Crippen LogP contribution in [0.25, 0.3) is 10.9 Å². The number of ether oxygens (including phenoxy) is 1. The van der Waals surface area contributed by atoms with E-state index in [9.17, 15) is 21.6 Å². The molecule has 0 aliphatic carbocycles. The number of hydrogen-bond acceptors (Lipinski definition) is 4. The van der Waals surface area contributed by atoms with E-state index >= 15 is 0 Å². The molecule has 0 bridgehead atoms. The number of hydrogen-bond donors (Lipinski definition) is 1. The number of halogens is 3. The molecule has 0 atom stereocenters. The molecule has 5 nitrogen and oxygen atoms in total. The van der Waals surface area contributed by atoms with Crippen LogP contribution < -0.4 is 9.46 Å². The van der Waals surface area contributed by atoms with Crippen LogP contribution in [0.4, 0.5) is 18.9 Å². The molecule has 26 heavy (non-hydrogen) atoms. The number of nitrogens with one attached hydrogen (secondary N) is 1. The van der Waals surface area contributed by atoms with E-state index in [1.807, 2.05) is 6.92 Å². The third-order valence-electron chi connectivity index (χ3n) is 3.46. The predicted octanol–water partition coefficient (Wildman–Crippen LogP) is 4.24. The van der Waals surface area contributed by atoms with E-state index in [4.69, 9.17) is 0 Å². The van der Waals surface area contributed by atoms with Crippen LogP contribution in [0.3, 0.4) is 0 Å². The largest absolute Gasteiger partial charge is 0.573 e. The molecule has 0 aliphatic rings. The second kappa shape index (κ2) is 6.49. The molecule has 0 radical (unpaired) electrons. The molecule has 0 unspecified atom stereocenters. The summed E-state index contributed by atoms with van der Waals surface area (Å²) in [7, 11) is -4.19. The number of benzene rings is 2. The van der Waals surface area contributed by atoms with Gasteiger partial charge in [0.2, 0.25) is 0 Å². The fourth-order valence-electron chi connectivity index (χ4n) is 2.42. The molecule has 0 spiro atoms. The van der Waals surface area contributed by atoms with Crippen LogP contribution in [0.1, 0.15) is 5.56 Å². The van der Waals surface area contributed by atoms with Gasteiger partial charge in [-0.05, 0) is 36.8 Å². The van der Waals surface area contributed by atoms with Crippen LogP contribution >= 0.6 is 0 Å². The molecule has 1 aromatic heterocycles. The Labute approximate surface area is 147 Å². The highest BCUT2D eigenvalue weighted by molar-refractivity contribution is 7.93. The minimum Gasteiger partial charge on any atom is -0.404 e. The van der Waals surface area contributed by atoms with E-state index < -0.39 is 22.1 Å². The van der Waals surface area contributed by atoms with Crippen LogP contribution in [-0.2, 0) is 10.0 Å². The van der Waals surface area contributed by atoms with Gasteiger partial charge in [0.05, 0.1) is 11.2 Å². The van der Waals surface area contributed by atoms with E-state index in [1.165, 1.54) is 36.5 Å². The van der Waals surface area contributed by atoms with Crippen molar-refractivity contribution in [2.45, 2.75) is 18.2 Å². The Balaban J connectivity index is 2.04. The van der Waals surface area contributed by atoms with Crippen molar-refractivity contribution in [3.63, 3.8) is 0 Å². The van der Waals surface area contributed by atoms with Gasteiger partial charge in [-0.3, -0.25) is 9.71 Å². The zero-order valence-electron chi connectivity index (χ0n) is 13.4. The van der Waals surface area contributed by atoms with Crippen LogP contribution in [0.15, 0.2) is 59.6 Å². The molecule has 1 heterocycles. The first kappa shape index (κ1) is 18.0. The van der Waals surface area contributed by atoms with Crippen molar-refractivity contribution in [3.8, 4) is 5.75 Å². The summed E-state index contributed by atoms with van der Waals surface area (Å²) in [5.74, 6) is -0.646. The number of aromatic nitrogens is 1. The lowest BCUT2D eigenvalue weighted by Gasteiger charge is -2.15. The summed E-state index contributed by atoms with van der Waals surface area (Å²) in [4.78, 5) is 4.00. The molecule has 136 valence electrons. The van der Waals surface area contributed by atoms with Gasteiger partial charge < -0.3 is 4.74 Å². The molecule has 0 saturated carbocycles. The Kier molecular flexibility index (Phi) is 4.49. The SMILES string of the molecule is Cc1cnc2c(S(=O)(=O)Nc3ccccc3OC(F)(F)F)cccc2c1. The van der Waals surface area contributed by atoms with Gasteiger partial charge in [0.25, 0.3) is 10.0 Å². The summed E-state index contributed by atoms with van der Waals surface area (Å²) in [5, 5.41) is 0.604.